The average molecular weight is 234 g/mol. The van der Waals surface area contributed by atoms with Crippen molar-refractivity contribution in [3.8, 4) is 0 Å². The van der Waals surface area contributed by atoms with E-state index in [-0.39, 0.29) is 0 Å². The molecule has 0 radical (unpaired) electrons. The number of nitrogens with zero attached hydrogens (tertiary/aromatic N) is 1. The van der Waals surface area contributed by atoms with E-state index in [1.165, 1.54) is 4.70 Å². The second-order valence-electron chi connectivity index (χ2n) is 5.33. The van der Waals surface area contributed by atoms with Gasteiger partial charge < -0.3 is 5.32 Å². The number of fused-ring (bicyclic) bond motifs is 1. The summed E-state index contributed by atoms with van der Waals surface area (Å²) in [6.45, 7) is 9.71. The summed E-state index contributed by atoms with van der Waals surface area (Å²) in [5.74, 6) is 0. The molecule has 0 saturated carbocycles. The zero-order chi connectivity index (χ0) is 11.8. The Balaban J connectivity index is 2.19. The number of hydrogen-bond acceptors (Lipinski definition) is 3. The minimum atomic E-state index is 0.299. The molecule has 86 valence electrons. The normalized spacial score (nSPS) is 12.0. The maximum atomic E-state index is 4.50. The molecule has 3 heteroatoms. The first-order valence-electron chi connectivity index (χ1n) is 5.55. The fourth-order valence-corrected chi connectivity index (χ4v) is 2.33. The first-order valence-corrected chi connectivity index (χ1v) is 6.37. The third-order valence-electron chi connectivity index (χ3n) is 2.32. The summed E-state index contributed by atoms with van der Waals surface area (Å²) < 4.78 is 1.26. The van der Waals surface area contributed by atoms with Crippen LogP contribution in [0, 0.1) is 12.3 Å². The van der Waals surface area contributed by atoms with E-state index in [1.54, 1.807) is 11.3 Å². The number of aryl methyl sites for hydroxylation is 1. The van der Waals surface area contributed by atoms with Crippen molar-refractivity contribution in [2.45, 2.75) is 27.7 Å². The van der Waals surface area contributed by atoms with E-state index in [1.807, 2.05) is 6.92 Å². The highest BCUT2D eigenvalue weighted by Gasteiger charge is 2.09. The number of thiazole rings is 1. The lowest BCUT2D eigenvalue weighted by Gasteiger charge is -2.19. The molecule has 1 heterocycles. The van der Waals surface area contributed by atoms with Crippen molar-refractivity contribution >= 4 is 27.2 Å². The zero-order valence-electron chi connectivity index (χ0n) is 10.3. The van der Waals surface area contributed by atoms with Gasteiger partial charge in [-0.25, -0.2) is 4.98 Å². The predicted molar refractivity (Wildman–Crippen MR) is 72.3 cm³/mol. The van der Waals surface area contributed by atoms with Gasteiger partial charge in [-0.05, 0) is 30.5 Å². The molecule has 1 N–H and O–H groups in total. The topological polar surface area (TPSA) is 24.9 Å². The molecule has 0 fully saturated rings. The number of aromatic nitrogens is 1. The largest absolute Gasteiger partial charge is 0.384 e. The lowest BCUT2D eigenvalue weighted by Crippen LogP contribution is -2.18. The Morgan fingerprint density at radius 3 is 2.75 bits per heavy atom. The Bertz CT molecular complexity index is 494. The van der Waals surface area contributed by atoms with Crippen LogP contribution >= 0.6 is 11.3 Å². The number of rotatable bonds is 2. The van der Waals surface area contributed by atoms with E-state index < -0.39 is 0 Å². The van der Waals surface area contributed by atoms with E-state index in [0.717, 1.165) is 22.8 Å². The first-order chi connectivity index (χ1) is 7.44. The summed E-state index contributed by atoms with van der Waals surface area (Å²) in [5.41, 5.74) is 2.56. The van der Waals surface area contributed by atoms with Crippen LogP contribution in [0.3, 0.4) is 0 Å². The first kappa shape index (κ1) is 11.4. The van der Waals surface area contributed by atoms with Crippen LogP contribution in [0.25, 0.3) is 10.2 Å². The van der Waals surface area contributed by atoms with Gasteiger partial charge in [-0.1, -0.05) is 20.8 Å². The zero-order valence-corrected chi connectivity index (χ0v) is 11.1. The van der Waals surface area contributed by atoms with Crippen LogP contribution in [0.1, 0.15) is 25.8 Å². The number of benzene rings is 1. The van der Waals surface area contributed by atoms with Crippen molar-refractivity contribution in [1.82, 2.24) is 4.98 Å². The SMILES string of the molecule is Cc1nc2cc(NCC(C)(C)C)ccc2s1. The van der Waals surface area contributed by atoms with Crippen molar-refractivity contribution in [3.05, 3.63) is 23.2 Å². The fraction of sp³-hybridized carbons (Fsp3) is 0.462. The summed E-state index contributed by atoms with van der Waals surface area (Å²) in [5, 5.41) is 4.58. The van der Waals surface area contributed by atoms with Crippen LogP contribution in [0.4, 0.5) is 5.69 Å². The van der Waals surface area contributed by atoms with Gasteiger partial charge in [-0.15, -0.1) is 11.3 Å². The van der Waals surface area contributed by atoms with Gasteiger partial charge in [0.15, 0.2) is 0 Å². The van der Waals surface area contributed by atoms with Gasteiger partial charge in [0.25, 0.3) is 0 Å². The van der Waals surface area contributed by atoms with Crippen molar-refractivity contribution < 1.29 is 0 Å². The lowest BCUT2D eigenvalue weighted by atomic mass is 9.97. The van der Waals surface area contributed by atoms with Gasteiger partial charge in [-0.2, -0.15) is 0 Å². The molecule has 2 aromatic rings. The van der Waals surface area contributed by atoms with Crippen molar-refractivity contribution in [2.75, 3.05) is 11.9 Å². The highest BCUT2D eigenvalue weighted by Crippen LogP contribution is 2.25. The van der Waals surface area contributed by atoms with Crippen molar-refractivity contribution in [1.29, 1.82) is 0 Å². The molecule has 0 atom stereocenters. The summed E-state index contributed by atoms with van der Waals surface area (Å²) in [7, 11) is 0. The molecule has 0 unspecified atom stereocenters. The monoisotopic (exact) mass is 234 g/mol. The smallest absolute Gasteiger partial charge is 0.0907 e. The van der Waals surface area contributed by atoms with E-state index in [0.29, 0.717) is 5.41 Å². The van der Waals surface area contributed by atoms with Gasteiger partial charge in [-0.3, -0.25) is 0 Å². The molecule has 0 amide bonds. The van der Waals surface area contributed by atoms with Crippen LogP contribution in [-0.4, -0.2) is 11.5 Å². The second kappa shape index (κ2) is 4.06. The van der Waals surface area contributed by atoms with Crippen LogP contribution in [-0.2, 0) is 0 Å². The van der Waals surface area contributed by atoms with E-state index in [9.17, 15) is 0 Å². The molecular formula is C13H18N2S. The standard InChI is InChI=1S/C13H18N2S/c1-9-15-11-7-10(5-6-12(11)16-9)14-8-13(2,3)4/h5-7,14H,8H2,1-4H3. The average Bonchev–Trinajstić information content (AvgIpc) is 2.52. The number of nitrogens with one attached hydrogen (secondary N) is 1. The molecule has 1 aromatic heterocycles. The molecule has 0 spiro atoms. The van der Waals surface area contributed by atoms with Crippen LogP contribution in [0.2, 0.25) is 0 Å². The quantitative estimate of drug-likeness (QED) is 0.847. The molecule has 16 heavy (non-hydrogen) atoms. The molecule has 0 aliphatic carbocycles. The van der Waals surface area contributed by atoms with Crippen molar-refractivity contribution in [3.63, 3.8) is 0 Å². The molecule has 0 saturated heterocycles. The molecule has 1 aromatic carbocycles. The lowest BCUT2D eigenvalue weighted by molar-refractivity contribution is 0.443. The molecule has 2 nitrogen and oxygen atoms in total. The van der Waals surface area contributed by atoms with Crippen LogP contribution < -0.4 is 5.32 Å². The molecular weight excluding hydrogens is 216 g/mol. The Labute approximate surface area is 101 Å². The molecule has 0 bridgehead atoms. The Morgan fingerprint density at radius 1 is 1.31 bits per heavy atom. The summed E-state index contributed by atoms with van der Waals surface area (Å²) in [6.07, 6.45) is 0. The Kier molecular flexibility index (Phi) is 2.89. The summed E-state index contributed by atoms with van der Waals surface area (Å²) in [6, 6.07) is 6.40. The van der Waals surface area contributed by atoms with Gasteiger partial charge in [0.05, 0.1) is 15.2 Å². The highest BCUT2D eigenvalue weighted by molar-refractivity contribution is 7.18. The second-order valence-corrected chi connectivity index (χ2v) is 6.56. The van der Waals surface area contributed by atoms with E-state index in [4.69, 9.17) is 0 Å². The Hall–Kier alpha value is -1.09. The predicted octanol–water partition coefficient (Wildman–Crippen LogP) is 4.06. The Morgan fingerprint density at radius 2 is 2.06 bits per heavy atom. The maximum Gasteiger partial charge on any atom is 0.0907 e. The number of hydrogen-bond donors (Lipinski definition) is 1. The van der Waals surface area contributed by atoms with Crippen molar-refractivity contribution in [2.24, 2.45) is 5.41 Å². The third kappa shape index (κ3) is 2.73. The molecule has 2 rings (SSSR count). The van der Waals surface area contributed by atoms with Gasteiger partial charge in [0, 0.05) is 12.2 Å². The fourth-order valence-electron chi connectivity index (χ4n) is 1.52. The van der Waals surface area contributed by atoms with Crippen LogP contribution in [0.5, 0.6) is 0 Å². The maximum absolute atomic E-state index is 4.50. The summed E-state index contributed by atoms with van der Waals surface area (Å²) in [4.78, 5) is 4.50. The van der Waals surface area contributed by atoms with E-state index in [2.05, 4.69) is 49.3 Å². The minimum absolute atomic E-state index is 0.299. The molecule has 0 aliphatic heterocycles. The minimum Gasteiger partial charge on any atom is -0.384 e. The van der Waals surface area contributed by atoms with E-state index >= 15 is 0 Å². The van der Waals surface area contributed by atoms with Gasteiger partial charge >= 0.3 is 0 Å². The van der Waals surface area contributed by atoms with Crippen LogP contribution in [0.15, 0.2) is 18.2 Å². The number of anilines is 1. The van der Waals surface area contributed by atoms with Gasteiger partial charge in [0.2, 0.25) is 0 Å². The summed E-state index contributed by atoms with van der Waals surface area (Å²) >= 11 is 1.75. The highest BCUT2D eigenvalue weighted by atomic mass is 32.1. The van der Waals surface area contributed by atoms with Gasteiger partial charge in [0.1, 0.15) is 0 Å². The molecule has 0 aliphatic rings. The third-order valence-corrected chi connectivity index (χ3v) is 3.27.